The first-order chi connectivity index (χ1) is 10.2. The average Bonchev–Trinajstić information content (AvgIpc) is 2.49. The summed E-state index contributed by atoms with van der Waals surface area (Å²) in [6, 6.07) is 13.5. The second-order valence-corrected chi connectivity index (χ2v) is 5.06. The molecule has 0 bridgehead atoms. The molecule has 106 valence electrons. The Hall–Kier alpha value is -2.62. The van der Waals surface area contributed by atoms with E-state index in [4.69, 9.17) is 4.74 Å². The van der Waals surface area contributed by atoms with Crippen molar-refractivity contribution in [1.29, 1.82) is 0 Å². The molecule has 0 fully saturated rings. The molecule has 0 aliphatic heterocycles. The van der Waals surface area contributed by atoms with Gasteiger partial charge in [0.25, 0.3) is 5.56 Å². The zero-order chi connectivity index (χ0) is 14.8. The molecule has 3 rings (SSSR count). The molecule has 2 aromatic carbocycles. The molecule has 4 heteroatoms. The van der Waals surface area contributed by atoms with Gasteiger partial charge >= 0.3 is 0 Å². The van der Waals surface area contributed by atoms with E-state index in [0.29, 0.717) is 28.9 Å². The number of H-pyrrole nitrogens is 1. The standard InChI is InChI=1S/C17H16N2O2/c1-11-3-5-12(6-4-11)9-16-18-15-8-7-13(21-2)10-14(15)17(20)19-16/h3-8,10H,9H2,1-2H3,(H,18,19,20). The van der Waals surface area contributed by atoms with E-state index >= 15 is 0 Å². The predicted octanol–water partition coefficient (Wildman–Crippen LogP) is 2.83. The summed E-state index contributed by atoms with van der Waals surface area (Å²) in [7, 11) is 1.58. The Kier molecular flexibility index (Phi) is 3.44. The van der Waals surface area contributed by atoms with E-state index in [-0.39, 0.29) is 5.56 Å². The quantitative estimate of drug-likeness (QED) is 0.802. The van der Waals surface area contributed by atoms with Crippen LogP contribution in [0.15, 0.2) is 47.3 Å². The number of aromatic nitrogens is 2. The topological polar surface area (TPSA) is 55.0 Å². The van der Waals surface area contributed by atoms with Crippen LogP contribution in [0.4, 0.5) is 0 Å². The molecule has 0 aliphatic carbocycles. The summed E-state index contributed by atoms with van der Waals surface area (Å²) in [6.45, 7) is 2.05. The lowest BCUT2D eigenvalue weighted by Gasteiger charge is -2.05. The van der Waals surface area contributed by atoms with Gasteiger partial charge in [0, 0.05) is 6.42 Å². The monoisotopic (exact) mass is 280 g/mol. The lowest BCUT2D eigenvalue weighted by molar-refractivity contribution is 0.415. The molecule has 0 aliphatic rings. The number of fused-ring (bicyclic) bond motifs is 1. The number of nitrogens with one attached hydrogen (secondary N) is 1. The second-order valence-electron chi connectivity index (χ2n) is 5.06. The van der Waals surface area contributed by atoms with Gasteiger partial charge in [-0.15, -0.1) is 0 Å². The lowest BCUT2D eigenvalue weighted by atomic mass is 10.1. The van der Waals surface area contributed by atoms with Crippen LogP contribution in [-0.2, 0) is 6.42 Å². The van der Waals surface area contributed by atoms with E-state index in [1.807, 2.05) is 31.2 Å². The first-order valence-corrected chi connectivity index (χ1v) is 6.78. The number of rotatable bonds is 3. The van der Waals surface area contributed by atoms with E-state index in [9.17, 15) is 4.79 Å². The largest absolute Gasteiger partial charge is 0.497 e. The summed E-state index contributed by atoms with van der Waals surface area (Å²) >= 11 is 0. The van der Waals surface area contributed by atoms with Gasteiger partial charge in [-0.05, 0) is 30.7 Å². The fraction of sp³-hybridized carbons (Fsp3) is 0.176. The molecule has 0 saturated heterocycles. The van der Waals surface area contributed by atoms with Crippen molar-refractivity contribution in [2.75, 3.05) is 7.11 Å². The summed E-state index contributed by atoms with van der Waals surface area (Å²) in [5.41, 5.74) is 2.88. The molecule has 0 spiro atoms. The Balaban J connectivity index is 2.00. The highest BCUT2D eigenvalue weighted by atomic mass is 16.5. The second kappa shape index (κ2) is 5.40. The molecule has 3 aromatic rings. The van der Waals surface area contributed by atoms with Crippen LogP contribution in [0.25, 0.3) is 10.9 Å². The third kappa shape index (κ3) is 2.79. The van der Waals surface area contributed by atoms with Crippen molar-refractivity contribution in [2.24, 2.45) is 0 Å². The molecule has 0 atom stereocenters. The van der Waals surface area contributed by atoms with E-state index in [1.54, 1.807) is 13.2 Å². The number of hydrogen-bond acceptors (Lipinski definition) is 3. The number of hydrogen-bond donors (Lipinski definition) is 1. The summed E-state index contributed by atoms with van der Waals surface area (Å²) in [6.07, 6.45) is 0.609. The van der Waals surface area contributed by atoms with Gasteiger partial charge in [0.15, 0.2) is 0 Å². The fourth-order valence-corrected chi connectivity index (χ4v) is 2.28. The van der Waals surface area contributed by atoms with E-state index in [1.165, 1.54) is 5.56 Å². The number of ether oxygens (including phenoxy) is 1. The first-order valence-electron chi connectivity index (χ1n) is 6.78. The Morgan fingerprint density at radius 2 is 1.90 bits per heavy atom. The summed E-state index contributed by atoms with van der Waals surface area (Å²) in [5.74, 6) is 1.32. The Bertz CT molecular complexity index is 836. The minimum absolute atomic E-state index is 0.138. The Morgan fingerprint density at radius 3 is 2.62 bits per heavy atom. The van der Waals surface area contributed by atoms with Crippen molar-refractivity contribution < 1.29 is 4.74 Å². The number of benzene rings is 2. The zero-order valence-corrected chi connectivity index (χ0v) is 12.0. The SMILES string of the molecule is COc1ccc2nc(Cc3ccc(C)cc3)[nH]c(=O)c2c1. The molecule has 0 radical (unpaired) electrons. The van der Waals surface area contributed by atoms with Crippen LogP contribution in [0, 0.1) is 6.92 Å². The van der Waals surface area contributed by atoms with Crippen molar-refractivity contribution >= 4 is 10.9 Å². The molecule has 21 heavy (non-hydrogen) atoms. The normalized spacial score (nSPS) is 10.8. The number of aryl methyl sites for hydroxylation is 1. The summed E-state index contributed by atoms with van der Waals surface area (Å²) in [4.78, 5) is 19.5. The van der Waals surface area contributed by atoms with Crippen molar-refractivity contribution in [3.63, 3.8) is 0 Å². The van der Waals surface area contributed by atoms with Gasteiger partial charge < -0.3 is 9.72 Å². The van der Waals surface area contributed by atoms with Gasteiger partial charge in [0.2, 0.25) is 0 Å². The van der Waals surface area contributed by atoms with E-state index in [0.717, 1.165) is 5.56 Å². The molecule has 0 saturated carbocycles. The highest BCUT2D eigenvalue weighted by Gasteiger charge is 2.06. The third-order valence-electron chi connectivity index (χ3n) is 3.45. The molecule has 1 aromatic heterocycles. The minimum atomic E-state index is -0.138. The molecule has 1 heterocycles. The van der Waals surface area contributed by atoms with Gasteiger partial charge in [-0.2, -0.15) is 0 Å². The van der Waals surface area contributed by atoms with Crippen LogP contribution in [0.5, 0.6) is 5.75 Å². The molecule has 1 N–H and O–H groups in total. The maximum Gasteiger partial charge on any atom is 0.258 e. The van der Waals surface area contributed by atoms with Gasteiger partial charge in [0.1, 0.15) is 11.6 Å². The van der Waals surface area contributed by atoms with Crippen molar-refractivity contribution in [3.8, 4) is 5.75 Å². The van der Waals surface area contributed by atoms with E-state index < -0.39 is 0 Å². The average molecular weight is 280 g/mol. The minimum Gasteiger partial charge on any atom is -0.497 e. The van der Waals surface area contributed by atoms with Crippen molar-refractivity contribution in [2.45, 2.75) is 13.3 Å². The Labute approximate surface area is 122 Å². The van der Waals surface area contributed by atoms with Gasteiger partial charge in [0.05, 0.1) is 18.0 Å². The fourth-order valence-electron chi connectivity index (χ4n) is 2.28. The van der Waals surface area contributed by atoms with Crippen LogP contribution in [0.2, 0.25) is 0 Å². The predicted molar refractivity (Wildman–Crippen MR) is 82.9 cm³/mol. The highest BCUT2D eigenvalue weighted by molar-refractivity contribution is 5.79. The van der Waals surface area contributed by atoms with Gasteiger partial charge in [-0.1, -0.05) is 29.8 Å². The maximum atomic E-state index is 12.2. The molecule has 4 nitrogen and oxygen atoms in total. The summed E-state index contributed by atoms with van der Waals surface area (Å²) < 4.78 is 5.13. The van der Waals surface area contributed by atoms with Gasteiger partial charge in [-0.3, -0.25) is 4.79 Å². The van der Waals surface area contributed by atoms with Gasteiger partial charge in [-0.25, -0.2) is 4.98 Å². The lowest BCUT2D eigenvalue weighted by Crippen LogP contribution is -2.12. The van der Waals surface area contributed by atoms with Crippen LogP contribution < -0.4 is 10.3 Å². The number of aromatic amines is 1. The van der Waals surface area contributed by atoms with Crippen LogP contribution in [0.3, 0.4) is 0 Å². The molecular weight excluding hydrogens is 264 g/mol. The van der Waals surface area contributed by atoms with Crippen molar-refractivity contribution in [1.82, 2.24) is 9.97 Å². The Morgan fingerprint density at radius 1 is 1.14 bits per heavy atom. The van der Waals surface area contributed by atoms with Crippen molar-refractivity contribution in [3.05, 3.63) is 69.8 Å². The van der Waals surface area contributed by atoms with E-state index in [2.05, 4.69) is 22.1 Å². The van der Waals surface area contributed by atoms with Crippen LogP contribution in [0.1, 0.15) is 17.0 Å². The molecular formula is C17H16N2O2. The molecule has 0 unspecified atom stereocenters. The van der Waals surface area contributed by atoms with Crippen LogP contribution in [-0.4, -0.2) is 17.1 Å². The third-order valence-corrected chi connectivity index (χ3v) is 3.45. The van der Waals surface area contributed by atoms with Crippen LogP contribution >= 0.6 is 0 Å². The zero-order valence-electron chi connectivity index (χ0n) is 12.0. The smallest absolute Gasteiger partial charge is 0.258 e. The number of methoxy groups -OCH3 is 1. The molecule has 0 amide bonds. The first kappa shape index (κ1) is 13.4. The summed E-state index contributed by atoms with van der Waals surface area (Å²) in [5, 5.41) is 0.544. The highest BCUT2D eigenvalue weighted by Crippen LogP contribution is 2.16. The number of nitrogens with zero attached hydrogens (tertiary/aromatic N) is 1. The maximum absolute atomic E-state index is 12.2.